The van der Waals surface area contributed by atoms with E-state index in [2.05, 4.69) is 30.3 Å². The molecule has 2 heteroatoms. The Morgan fingerprint density at radius 3 is 2.80 bits per heavy atom. The Balaban J connectivity index is 1.59. The highest BCUT2D eigenvalue weighted by atomic mass is 32.1. The van der Waals surface area contributed by atoms with Crippen molar-refractivity contribution in [2.24, 2.45) is 17.8 Å². The van der Waals surface area contributed by atoms with Crippen LogP contribution in [0.4, 0.5) is 0 Å². The minimum Gasteiger partial charge on any atom is -0.385 e. The molecule has 4 unspecified atom stereocenters. The van der Waals surface area contributed by atoms with Crippen molar-refractivity contribution in [3.63, 3.8) is 0 Å². The van der Waals surface area contributed by atoms with E-state index in [1.165, 1.54) is 35.8 Å². The number of rotatable bonds is 3. The summed E-state index contributed by atoms with van der Waals surface area (Å²) < 4.78 is 1.29. The second-order valence-corrected chi connectivity index (χ2v) is 8.15. The number of hydrogen-bond acceptors (Lipinski definition) is 2. The fraction of sp³-hybridized carbons (Fsp3) is 0.556. The molecule has 2 aliphatic rings. The molecule has 2 saturated carbocycles. The summed E-state index contributed by atoms with van der Waals surface area (Å²) in [5.74, 6) is 2.60. The zero-order chi connectivity index (χ0) is 13.7. The molecule has 2 fully saturated rings. The smallest absolute Gasteiger partial charge is 0.0963 e. The van der Waals surface area contributed by atoms with Crippen molar-refractivity contribution in [1.82, 2.24) is 0 Å². The first-order valence-electron chi connectivity index (χ1n) is 7.83. The first-order chi connectivity index (χ1) is 9.62. The zero-order valence-electron chi connectivity index (χ0n) is 12.0. The number of thiophene rings is 1. The lowest BCUT2D eigenvalue weighted by Crippen LogP contribution is -2.26. The standard InChI is InChI=1S/C18H22OS/c1-18(19,11-15-9-12-6-7-13(15)8-12)17-10-14-4-2-3-5-16(14)20-17/h2-5,10,12-13,15,19H,6-9,11H2,1H3. The number of aliphatic hydroxyl groups is 1. The first kappa shape index (κ1) is 12.8. The summed E-state index contributed by atoms with van der Waals surface area (Å²) in [5.41, 5.74) is -0.654. The zero-order valence-corrected chi connectivity index (χ0v) is 12.8. The van der Waals surface area contributed by atoms with E-state index >= 15 is 0 Å². The highest BCUT2D eigenvalue weighted by Gasteiger charge is 2.42. The SMILES string of the molecule is CC(O)(CC1CC2CCC1C2)c1cc2ccccc2s1. The number of hydrogen-bond donors (Lipinski definition) is 1. The minimum atomic E-state index is -0.654. The van der Waals surface area contributed by atoms with Crippen molar-refractivity contribution in [3.05, 3.63) is 35.2 Å². The monoisotopic (exact) mass is 286 g/mol. The van der Waals surface area contributed by atoms with E-state index in [0.29, 0.717) is 0 Å². The van der Waals surface area contributed by atoms with Crippen LogP contribution in [0, 0.1) is 17.8 Å². The van der Waals surface area contributed by atoms with Crippen LogP contribution in [0.2, 0.25) is 0 Å². The summed E-state index contributed by atoms with van der Waals surface area (Å²) in [7, 11) is 0. The van der Waals surface area contributed by atoms with Crippen LogP contribution in [0.15, 0.2) is 30.3 Å². The van der Waals surface area contributed by atoms with Crippen molar-refractivity contribution in [2.75, 3.05) is 0 Å². The molecule has 1 aromatic heterocycles. The predicted octanol–water partition coefficient (Wildman–Crippen LogP) is 4.94. The lowest BCUT2D eigenvalue weighted by atomic mass is 9.80. The van der Waals surface area contributed by atoms with Gasteiger partial charge in [-0.2, -0.15) is 0 Å². The maximum atomic E-state index is 11.0. The lowest BCUT2D eigenvalue weighted by Gasteiger charge is -2.30. The fourth-order valence-corrected chi connectivity index (χ4v) is 5.60. The average molecular weight is 286 g/mol. The largest absolute Gasteiger partial charge is 0.385 e. The van der Waals surface area contributed by atoms with E-state index in [-0.39, 0.29) is 0 Å². The summed E-state index contributed by atoms with van der Waals surface area (Å²) in [6.45, 7) is 2.02. The van der Waals surface area contributed by atoms with Crippen LogP contribution >= 0.6 is 11.3 Å². The van der Waals surface area contributed by atoms with Crippen LogP contribution in [0.3, 0.4) is 0 Å². The molecule has 1 N–H and O–H groups in total. The molecule has 2 bridgehead atoms. The quantitative estimate of drug-likeness (QED) is 0.847. The summed E-state index contributed by atoms with van der Waals surface area (Å²) in [4.78, 5) is 1.14. The van der Waals surface area contributed by atoms with E-state index in [1.54, 1.807) is 11.3 Å². The topological polar surface area (TPSA) is 20.2 Å². The molecule has 2 aromatic rings. The van der Waals surface area contributed by atoms with Crippen LogP contribution in [0.5, 0.6) is 0 Å². The van der Waals surface area contributed by atoms with Gasteiger partial charge in [-0.1, -0.05) is 24.6 Å². The van der Waals surface area contributed by atoms with E-state index in [4.69, 9.17) is 0 Å². The molecule has 20 heavy (non-hydrogen) atoms. The molecule has 1 aromatic carbocycles. The average Bonchev–Trinajstić information content (AvgIpc) is 3.12. The van der Waals surface area contributed by atoms with Crippen molar-refractivity contribution in [1.29, 1.82) is 0 Å². The van der Waals surface area contributed by atoms with Gasteiger partial charge in [-0.25, -0.2) is 0 Å². The van der Waals surface area contributed by atoms with Gasteiger partial charge in [0.05, 0.1) is 5.60 Å². The summed E-state index contributed by atoms with van der Waals surface area (Å²) in [6.07, 6.45) is 6.56. The van der Waals surface area contributed by atoms with E-state index < -0.39 is 5.60 Å². The summed E-state index contributed by atoms with van der Waals surface area (Å²) >= 11 is 1.76. The molecule has 0 saturated heterocycles. The minimum absolute atomic E-state index is 0.654. The van der Waals surface area contributed by atoms with Crippen molar-refractivity contribution in [3.8, 4) is 0 Å². The first-order valence-corrected chi connectivity index (χ1v) is 8.65. The Morgan fingerprint density at radius 1 is 1.25 bits per heavy atom. The second kappa shape index (κ2) is 4.57. The molecule has 0 aliphatic heterocycles. The summed E-state index contributed by atoms with van der Waals surface area (Å²) in [5, 5.41) is 12.3. The van der Waals surface area contributed by atoms with Gasteiger partial charge < -0.3 is 5.11 Å². The van der Waals surface area contributed by atoms with Gasteiger partial charge >= 0.3 is 0 Å². The molecule has 1 nitrogen and oxygen atoms in total. The third-order valence-electron chi connectivity index (χ3n) is 5.50. The van der Waals surface area contributed by atoms with Gasteiger partial charge in [-0.3, -0.25) is 0 Å². The molecule has 0 amide bonds. The number of benzene rings is 1. The third kappa shape index (κ3) is 2.10. The van der Waals surface area contributed by atoms with Crippen LogP contribution in [-0.4, -0.2) is 5.11 Å². The van der Waals surface area contributed by atoms with Gasteiger partial charge in [0.25, 0.3) is 0 Å². The van der Waals surface area contributed by atoms with Gasteiger partial charge in [-0.15, -0.1) is 11.3 Å². The Morgan fingerprint density at radius 2 is 2.10 bits per heavy atom. The molecule has 0 spiro atoms. The molecule has 106 valence electrons. The van der Waals surface area contributed by atoms with Crippen LogP contribution in [0.25, 0.3) is 10.1 Å². The fourth-order valence-electron chi connectivity index (χ4n) is 4.48. The van der Waals surface area contributed by atoms with E-state index in [9.17, 15) is 5.11 Å². The maximum absolute atomic E-state index is 11.0. The van der Waals surface area contributed by atoms with Crippen LogP contribution in [-0.2, 0) is 5.60 Å². The van der Waals surface area contributed by atoms with Gasteiger partial charge in [0.2, 0.25) is 0 Å². The molecule has 2 aliphatic carbocycles. The van der Waals surface area contributed by atoms with E-state index in [0.717, 1.165) is 29.1 Å². The van der Waals surface area contributed by atoms with Gasteiger partial charge in [0.1, 0.15) is 0 Å². The van der Waals surface area contributed by atoms with E-state index in [1.807, 2.05) is 6.92 Å². The van der Waals surface area contributed by atoms with Gasteiger partial charge in [0.15, 0.2) is 0 Å². The van der Waals surface area contributed by atoms with Crippen molar-refractivity contribution >= 4 is 21.4 Å². The lowest BCUT2D eigenvalue weighted by molar-refractivity contribution is 0.0239. The van der Waals surface area contributed by atoms with Crippen molar-refractivity contribution < 1.29 is 5.11 Å². The predicted molar refractivity (Wildman–Crippen MR) is 85.0 cm³/mol. The van der Waals surface area contributed by atoms with Crippen molar-refractivity contribution in [2.45, 2.75) is 44.6 Å². The Labute approximate surface area is 124 Å². The Hall–Kier alpha value is -0.860. The molecule has 1 heterocycles. The van der Waals surface area contributed by atoms with Crippen LogP contribution < -0.4 is 0 Å². The Kier molecular flexibility index (Phi) is 2.94. The van der Waals surface area contributed by atoms with Gasteiger partial charge in [-0.05, 0) is 67.9 Å². The maximum Gasteiger partial charge on any atom is 0.0963 e. The molecule has 4 rings (SSSR count). The molecular formula is C18H22OS. The highest BCUT2D eigenvalue weighted by molar-refractivity contribution is 7.19. The second-order valence-electron chi connectivity index (χ2n) is 7.06. The highest BCUT2D eigenvalue weighted by Crippen LogP contribution is 2.52. The van der Waals surface area contributed by atoms with Gasteiger partial charge in [0, 0.05) is 9.58 Å². The molecular weight excluding hydrogens is 264 g/mol. The number of fused-ring (bicyclic) bond motifs is 3. The molecule has 0 radical (unpaired) electrons. The van der Waals surface area contributed by atoms with Crippen LogP contribution in [0.1, 0.15) is 43.9 Å². The summed E-state index contributed by atoms with van der Waals surface area (Å²) in [6, 6.07) is 10.6. The normalized spacial score (nSPS) is 31.8. The third-order valence-corrected chi connectivity index (χ3v) is 6.87. The Bertz CT molecular complexity index is 594. The molecule has 4 atom stereocenters.